The van der Waals surface area contributed by atoms with Gasteiger partial charge in [-0.05, 0) is 55.0 Å². The van der Waals surface area contributed by atoms with Gasteiger partial charge in [0.1, 0.15) is 5.75 Å². The molecule has 0 saturated carbocycles. The second kappa shape index (κ2) is 8.62. The topological polar surface area (TPSA) is 77.2 Å². The first-order chi connectivity index (χ1) is 12.6. The molecule has 134 valence electrons. The zero-order chi connectivity index (χ0) is 18.4. The van der Waals surface area contributed by atoms with Crippen LogP contribution in [0.3, 0.4) is 0 Å². The van der Waals surface area contributed by atoms with Gasteiger partial charge in [0.15, 0.2) is 6.61 Å². The van der Waals surface area contributed by atoms with E-state index in [1.165, 1.54) is 0 Å². The average molecular weight is 416 g/mol. The van der Waals surface area contributed by atoms with Crippen LogP contribution in [0.5, 0.6) is 5.75 Å². The highest BCUT2D eigenvalue weighted by molar-refractivity contribution is 9.10. The first-order valence-electron chi connectivity index (χ1n) is 8.25. The van der Waals surface area contributed by atoms with Crippen LogP contribution < -0.4 is 10.1 Å². The zero-order valence-corrected chi connectivity index (χ0v) is 15.8. The lowest BCUT2D eigenvalue weighted by atomic mass is 10.2. The van der Waals surface area contributed by atoms with E-state index in [1.807, 2.05) is 36.4 Å². The monoisotopic (exact) mass is 415 g/mol. The van der Waals surface area contributed by atoms with Crippen molar-refractivity contribution in [1.82, 2.24) is 10.2 Å². The normalized spacial score (nSPS) is 10.5. The molecule has 0 bridgehead atoms. The fraction of sp³-hybridized carbons (Fsp3) is 0.211. The number of rotatable bonds is 7. The Balaban J connectivity index is 1.53. The van der Waals surface area contributed by atoms with E-state index in [4.69, 9.17) is 9.15 Å². The number of carbonyl (C=O) groups is 1. The Kier molecular flexibility index (Phi) is 6.01. The van der Waals surface area contributed by atoms with Crippen LogP contribution in [0.15, 0.2) is 57.4 Å². The number of nitrogens with one attached hydrogen (secondary N) is 1. The molecule has 1 N–H and O–H groups in total. The Hall–Kier alpha value is -2.67. The van der Waals surface area contributed by atoms with Gasteiger partial charge in [0, 0.05) is 22.1 Å². The van der Waals surface area contributed by atoms with Crippen molar-refractivity contribution in [3.8, 4) is 17.2 Å². The molecule has 0 unspecified atom stereocenters. The van der Waals surface area contributed by atoms with Crippen molar-refractivity contribution in [3.05, 3.63) is 58.9 Å². The van der Waals surface area contributed by atoms with E-state index in [2.05, 4.69) is 38.4 Å². The number of halogens is 1. The lowest BCUT2D eigenvalue weighted by Gasteiger charge is -2.08. The van der Waals surface area contributed by atoms with E-state index in [9.17, 15) is 4.79 Å². The van der Waals surface area contributed by atoms with Crippen LogP contribution in [-0.2, 0) is 11.2 Å². The predicted octanol–water partition coefficient (Wildman–Crippen LogP) is 4.47. The molecule has 2 aromatic carbocycles. The standard InChI is InChI=1S/C19H18BrN3O3/c1-2-3-18-22-23-19(26-18)13-4-10-16(11-5-13)25-12-17(24)21-15-8-6-14(20)7-9-15/h4-11H,2-3,12H2,1H3,(H,21,24). The van der Waals surface area contributed by atoms with Crippen molar-refractivity contribution in [2.75, 3.05) is 11.9 Å². The molecule has 0 spiro atoms. The van der Waals surface area contributed by atoms with Gasteiger partial charge >= 0.3 is 0 Å². The SMILES string of the molecule is CCCc1nnc(-c2ccc(OCC(=O)Nc3ccc(Br)cc3)cc2)o1. The minimum absolute atomic E-state index is 0.0728. The molecule has 1 amide bonds. The third kappa shape index (κ3) is 4.92. The van der Waals surface area contributed by atoms with Crippen LogP contribution in [-0.4, -0.2) is 22.7 Å². The summed E-state index contributed by atoms with van der Waals surface area (Å²) < 4.78 is 12.1. The highest BCUT2D eigenvalue weighted by atomic mass is 79.9. The van der Waals surface area contributed by atoms with Crippen molar-refractivity contribution in [3.63, 3.8) is 0 Å². The second-order valence-electron chi connectivity index (χ2n) is 5.62. The fourth-order valence-corrected chi connectivity index (χ4v) is 2.52. The van der Waals surface area contributed by atoms with Gasteiger partial charge < -0.3 is 14.5 Å². The Morgan fingerprint density at radius 3 is 2.54 bits per heavy atom. The minimum atomic E-state index is -0.225. The molecule has 0 atom stereocenters. The fourth-order valence-electron chi connectivity index (χ4n) is 2.26. The molecule has 1 aromatic heterocycles. The number of aryl methyl sites for hydroxylation is 1. The van der Waals surface area contributed by atoms with E-state index < -0.39 is 0 Å². The number of carbonyl (C=O) groups excluding carboxylic acids is 1. The van der Waals surface area contributed by atoms with Crippen molar-refractivity contribution < 1.29 is 13.9 Å². The van der Waals surface area contributed by atoms with Crippen LogP contribution in [0.25, 0.3) is 11.5 Å². The van der Waals surface area contributed by atoms with Crippen molar-refractivity contribution >= 4 is 27.5 Å². The molecule has 0 saturated heterocycles. The number of hydrogen-bond donors (Lipinski definition) is 1. The molecule has 0 aliphatic rings. The van der Waals surface area contributed by atoms with E-state index in [0.29, 0.717) is 17.5 Å². The van der Waals surface area contributed by atoms with Gasteiger partial charge in [0.05, 0.1) is 0 Å². The Morgan fingerprint density at radius 2 is 1.85 bits per heavy atom. The van der Waals surface area contributed by atoms with Gasteiger partial charge in [-0.15, -0.1) is 10.2 Å². The average Bonchev–Trinajstić information content (AvgIpc) is 3.11. The smallest absolute Gasteiger partial charge is 0.262 e. The van der Waals surface area contributed by atoms with E-state index >= 15 is 0 Å². The number of amides is 1. The van der Waals surface area contributed by atoms with Gasteiger partial charge in [0.25, 0.3) is 5.91 Å². The third-order valence-corrected chi connectivity index (χ3v) is 4.06. The van der Waals surface area contributed by atoms with Crippen LogP contribution in [0, 0.1) is 0 Å². The first kappa shape index (κ1) is 18.1. The zero-order valence-electron chi connectivity index (χ0n) is 14.2. The summed E-state index contributed by atoms with van der Waals surface area (Å²) in [5.41, 5.74) is 1.53. The summed E-state index contributed by atoms with van der Waals surface area (Å²) >= 11 is 3.35. The lowest BCUT2D eigenvalue weighted by molar-refractivity contribution is -0.118. The minimum Gasteiger partial charge on any atom is -0.484 e. The van der Waals surface area contributed by atoms with Gasteiger partial charge in [-0.1, -0.05) is 22.9 Å². The third-order valence-electron chi connectivity index (χ3n) is 3.53. The maximum absolute atomic E-state index is 11.9. The maximum Gasteiger partial charge on any atom is 0.262 e. The largest absolute Gasteiger partial charge is 0.484 e. The summed E-state index contributed by atoms with van der Waals surface area (Å²) in [6, 6.07) is 14.5. The van der Waals surface area contributed by atoms with Crippen LogP contribution >= 0.6 is 15.9 Å². The molecule has 0 aliphatic heterocycles. The van der Waals surface area contributed by atoms with Crippen LogP contribution in [0.4, 0.5) is 5.69 Å². The van der Waals surface area contributed by atoms with Crippen molar-refractivity contribution in [2.45, 2.75) is 19.8 Å². The summed E-state index contributed by atoms with van der Waals surface area (Å²) in [5.74, 6) is 1.48. The molecule has 3 rings (SSSR count). The number of hydrogen-bond acceptors (Lipinski definition) is 5. The summed E-state index contributed by atoms with van der Waals surface area (Å²) in [6.45, 7) is 1.99. The number of aromatic nitrogens is 2. The number of benzene rings is 2. The molecule has 0 aliphatic carbocycles. The van der Waals surface area contributed by atoms with E-state index in [0.717, 1.165) is 28.6 Å². The number of nitrogens with zero attached hydrogens (tertiary/aromatic N) is 2. The molecule has 1 heterocycles. The maximum atomic E-state index is 11.9. The number of anilines is 1. The van der Waals surface area contributed by atoms with Gasteiger partial charge in [-0.25, -0.2) is 0 Å². The highest BCUT2D eigenvalue weighted by Crippen LogP contribution is 2.22. The Labute approximate surface area is 159 Å². The van der Waals surface area contributed by atoms with Crippen LogP contribution in [0.2, 0.25) is 0 Å². The molecule has 7 heteroatoms. The molecule has 6 nitrogen and oxygen atoms in total. The van der Waals surface area contributed by atoms with Gasteiger partial charge in [-0.2, -0.15) is 0 Å². The molecule has 0 fully saturated rings. The van der Waals surface area contributed by atoms with Gasteiger partial charge in [-0.3, -0.25) is 4.79 Å². The summed E-state index contributed by atoms with van der Waals surface area (Å²) in [7, 11) is 0. The van der Waals surface area contributed by atoms with E-state index in [1.54, 1.807) is 12.1 Å². The molecular weight excluding hydrogens is 398 g/mol. The summed E-state index contributed by atoms with van der Waals surface area (Å²) in [6.07, 6.45) is 1.72. The Morgan fingerprint density at radius 1 is 1.12 bits per heavy atom. The summed E-state index contributed by atoms with van der Waals surface area (Å²) in [5, 5.41) is 10.8. The lowest BCUT2D eigenvalue weighted by Crippen LogP contribution is -2.20. The second-order valence-corrected chi connectivity index (χ2v) is 6.53. The molecular formula is C19H18BrN3O3. The first-order valence-corrected chi connectivity index (χ1v) is 9.04. The van der Waals surface area contributed by atoms with Crippen molar-refractivity contribution in [1.29, 1.82) is 0 Å². The Bertz CT molecular complexity index is 860. The summed E-state index contributed by atoms with van der Waals surface area (Å²) in [4.78, 5) is 11.9. The molecule has 26 heavy (non-hydrogen) atoms. The molecule has 0 radical (unpaired) electrons. The quantitative estimate of drug-likeness (QED) is 0.615. The van der Waals surface area contributed by atoms with Crippen molar-refractivity contribution in [2.24, 2.45) is 0 Å². The highest BCUT2D eigenvalue weighted by Gasteiger charge is 2.09. The van der Waals surface area contributed by atoms with E-state index in [-0.39, 0.29) is 12.5 Å². The predicted molar refractivity (Wildman–Crippen MR) is 102 cm³/mol. The van der Waals surface area contributed by atoms with Gasteiger partial charge in [0.2, 0.25) is 11.8 Å². The molecule has 3 aromatic rings. The number of ether oxygens (including phenoxy) is 1. The van der Waals surface area contributed by atoms with Crippen LogP contribution in [0.1, 0.15) is 19.2 Å².